The number of nitrogens with zero attached hydrogens (tertiary/aromatic N) is 2. The van der Waals surface area contributed by atoms with Gasteiger partial charge in [0.25, 0.3) is 0 Å². The van der Waals surface area contributed by atoms with Crippen LogP contribution in [0.25, 0.3) is 0 Å². The number of para-hydroxylation sites is 1. The van der Waals surface area contributed by atoms with E-state index in [1.165, 1.54) is 27.3 Å². The molecule has 0 N–H and O–H groups in total. The van der Waals surface area contributed by atoms with Gasteiger partial charge in [-0.1, -0.05) is 56.0 Å². The highest BCUT2D eigenvalue weighted by Crippen LogP contribution is 2.45. The molecule has 1 aliphatic carbocycles. The molecule has 2 aliphatic rings. The summed E-state index contributed by atoms with van der Waals surface area (Å²) in [6.45, 7) is 10.2. The fourth-order valence-corrected chi connectivity index (χ4v) is 5.55. The molecule has 150 valence electrons. The predicted molar refractivity (Wildman–Crippen MR) is 125 cm³/mol. The summed E-state index contributed by atoms with van der Waals surface area (Å²) in [6.07, 6.45) is 13.9. The Morgan fingerprint density at radius 2 is 2.00 bits per heavy atom. The zero-order valence-electron chi connectivity index (χ0n) is 18.2. The minimum Gasteiger partial charge on any atom is -0.383 e. The van der Waals surface area contributed by atoms with Crippen LogP contribution >= 0.6 is 11.8 Å². The first-order chi connectivity index (χ1) is 13.3. The molecule has 1 heterocycles. The molecule has 1 unspecified atom stereocenters. The van der Waals surface area contributed by atoms with Gasteiger partial charge in [0.2, 0.25) is 0 Å². The van der Waals surface area contributed by atoms with Gasteiger partial charge in [-0.15, -0.1) is 0 Å². The first kappa shape index (κ1) is 20.9. The molecule has 0 bridgehead atoms. The summed E-state index contributed by atoms with van der Waals surface area (Å²) >= 11 is 1.98. The number of hydrogen-bond acceptors (Lipinski definition) is 3. The fraction of sp³-hybridized carbons (Fsp3) is 0.440. The second kappa shape index (κ2) is 8.65. The summed E-state index contributed by atoms with van der Waals surface area (Å²) in [5.41, 5.74) is 5.85. The number of fused-ring (bicyclic) bond motifs is 1. The maximum absolute atomic E-state index is 2.52. The van der Waals surface area contributed by atoms with E-state index < -0.39 is 0 Å². The van der Waals surface area contributed by atoms with Crippen molar-refractivity contribution in [3.8, 4) is 0 Å². The molecule has 0 saturated heterocycles. The molecule has 1 aliphatic heterocycles. The molecular formula is C25H34N2S. The number of anilines is 1. The minimum absolute atomic E-state index is 0.298. The first-order valence-corrected chi connectivity index (χ1v) is 11.1. The van der Waals surface area contributed by atoms with E-state index in [4.69, 9.17) is 0 Å². The lowest BCUT2D eigenvalue weighted by Gasteiger charge is -2.32. The van der Waals surface area contributed by atoms with Crippen LogP contribution in [0.2, 0.25) is 0 Å². The average Bonchev–Trinajstić information content (AvgIpc) is 2.95. The molecule has 0 radical (unpaired) electrons. The Hall–Kier alpha value is -1.87. The Bertz CT molecular complexity index is 827. The van der Waals surface area contributed by atoms with E-state index >= 15 is 0 Å². The van der Waals surface area contributed by atoms with Crippen LogP contribution in [0.4, 0.5) is 5.69 Å². The van der Waals surface area contributed by atoms with Crippen molar-refractivity contribution in [3.63, 3.8) is 0 Å². The Balaban J connectivity index is 1.85. The number of thioether (sulfide) groups is 1. The van der Waals surface area contributed by atoms with Gasteiger partial charge in [-0.25, -0.2) is 0 Å². The molecule has 1 atom stereocenters. The van der Waals surface area contributed by atoms with Crippen LogP contribution in [0.5, 0.6) is 0 Å². The Kier molecular flexibility index (Phi) is 6.44. The first-order valence-electron chi connectivity index (χ1n) is 10.2. The van der Waals surface area contributed by atoms with Crippen molar-refractivity contribution in [2.75, 3.05) is 25.5 Å². The molecule has 0 saturated carbocycles. The molecule has 0 aromatic heterocycles. The molecule has 3 rings (SSSR count). The highest BCUT2D eigenvalue weighted by atomic mass is 32.2. The van der Waals surface area contributed by atoms with Gasteiger partial charge in [0.1, 0.15) is 0 Å². The van der Waals surface area contributed by atoms with Crippen molar-refractivity contribution < 1.29 is 0 Å². The Morgan fingerprint density at radius 3 is 2.71 bits per heavy atom. The number of allylic oxidation sites excluding steroid dienone is 6. The van der Waals surface area contributed by atoms with Crippen LogP contribution < -0.4 is 4.90 Å². The third kappa shape index (κ3) is 5.14. The molecule has 0 spiro atoms. The van der Waals surface area contributed by atoms with Crippen LogP contribution in [0.3, 0.4) is 0 Å². The smallest absolute Gasteiger partial charge is 0.0988 e. The SMILES string of the molecule is CCN1c2ccccc2SC1/C=C1C=C(/C=C/C(C)=C\N(C)C)CC(C)(C)C/1. The molecule has 2 nitrogen and oxygen atoms in total. The van der Waals surface area contributed by atoms with Crippen molar-refractivity contribution in [1.29, 1.82) is 0 Å². The molecule has 1 aromatic carbocycles. The van der Waals surface area contributed by atoms with E-state index in [2.05, 4.69) is 106 Å². The van der Waals surface area contributed by atoms with Crippen molar-refractivity contribution in [2.45, 2.75) is 50.8 Å². The summed E-state index contributed by atoms with van der Waals surface area (Å²) in [4.78, 5) is 6.01. The zero-order valence-corrected chi connectivity index (χ0v) is 19.0. The maximum Gasteiger partial charge on any atom is 0.0988 e. The lowest BCUT2D eigenvalue weighted by molar-refractivity contribution is 0.354. The molecule has 1 aromatic rings. The largest absolute Gasteiger partial charge is 0.383 e. The third-order valence-electron chi connectivity index (χ3n) is 5.19. The summed E-state index contributed by atoms with van der Waals surface area (Å²) in [6, 6.07) is 8.79. The molecular weight excluding hydrogens is 360 g/mol. The molecule has 0 amide bonds. The lowest BCUT2D eigenvalue weighted by atomic mass is 9.75. The minimum atomic E-state index is 0.298. The average molecular weight is 395 g/mol. The van der Waals surface area contributed by atoms with Gasteiger partial charge >= 0.3 is 0 Å². The monoisotopic (exact) mass is 394 g/mol. The van der Waals surface area contributed by atoms with Crippen LogP contribution in [0, 0.1) is 5.41 Å². The number of likely N-dealkylation sites (N-methyl/N-ethyl adjacent to an activating group) is 1. The van der Waals surface area contributed by atoms with Gasteiger partial charge in [-0.3, -0.25) is 0 Å². The van der Waals surface area contributed by atoms with E-state index in [0.29, 0.717) is 10.8 Å². The maximum atomic E-state index is 2.52. The standard InChI is InChI=1S/C25H34N2S/c1-7-27-22-10-8-9-11-23(22)28-24(27)15-21-14-20(16-25(3,4)17-21)13-12-19(2)18-26(5)6/h8-15,18,24H,7,16-17H2,1-6H3/b13-12+,19-18-,21-15-. The van der Waals surface area contributed by atoms with Gasteiger partial charge in [-0.2, -0.15) is 0 Å². The predicted octanol–water partition coefficient (Wildman–Crippen LogP) is 6.64. The van der Waals surface area contributed by atoms with Gasteiger partial charge in [0, 0.05) is 31.7 Å². The normalized spacial score (nSPS) is 23.3. The molecule has 3 heteroatoms. The Labute approximate surface area is 175 Å². The van der Waals surface area contributed by atoms with Gasteiger partial charge in [0.05, 0.1) is 11.1 Å². The van der Waals surface area contributed by atoms with Crippen LogP contribution in [0.1, 0.15) is 40.5 Å². The van der Waals surface area contributed by atoms with Crippen molar-refractivity contribution in [3.05, 3.63) is 71.5 Å². The third-order valence-corrected chi connectivity index (χ3v) is 6.42. The fourth-order valence-electron chi connectivity index (χ4n) is 4.19. The van der Waals surface area contributed by atoms with Crippen LogP contribution in [-0.4, -0.2) is 30.9 Å². The number of hydrogen-bond donors (Lipinski definition) is 0. The van der Waals surface area contributed by atoms with E-state index in [9.17, 15) is 0 Å². The summed E-state index contributed by atoms with van der Waals surface area (Å²) in [5.74, 6) is 0. The van der Waals surface area contributed by atoms with E-state index in [1.54, 1.807) is 0 Å². The topological polar surface area (TPSA) is 6.48 Å². The van der Waals surface area contributed by atoms with E-state index in [-0.39, 0.29) is 0 Å². The highest BCUT2D eigenvalue weighted by Gasteiger charge is 2.29. The highest BCUT2D eigenvalue weighted by molar-refractivity contribution is 8.00. The van der Waals surface area contributed by atoms with Crippen LogP contribution in [0.15, 0.2) is 76.4 Å². The van der Waals surface area contributed by atoms with E-state index in [0.717, 1.165) is 19.4 Å². The quantitative estimate of drug-likeness (QED) is 0.517. The number of rotatable bonds is 5. The number of benzene rings is 1. The van der Waals surface area contributed by atoms with Gasteiger partial charge < -0.3 is 9.80 Å². The lowest BCUT2D eigenvalue weighted by Crippen LogP contribution is -2.28. The van der Waals surface area contributed by atoms with Crippen LogP contribution in [-0.2, 0) is 0 Å². The molecule has 28 heavy (non-hydrogen) atoms. The van der Waals surface area contributed by atoms with Crippen molar-refractivity contribution in [1.82, 2.24) is 4.90 Å². The molecule has 0 fully saturated rings. The van der Waals surface area contributed by atoms with Gasteiger partial charge in [-0.05, 0) is 67.0 Å². The summed E-state index contributed by atoms with van der Waals surface area (Å²) in [5, 5.41) is 0.392. The van der Waals surface area contributed by atoms with E-state index in [1.807, 2.05) is 11.8 Å². The summed E-state index contributed by atoms with van der Waals surface area (Å²) in [7, 11) is 4.13. The zero-order chi connectivity index (χ0) is 20.3. The second-order valence-corrected chi connectivity index (χ2v) is 10.1. The second-order valence-electron chi connectivity index (χ2n) is 8.91. The Morgan fingerprint density at radius 1 is 1.25 bits per heavy atom. The van der Waals surface area contributed by atoms with Crippen molar-refractivity contribution >= 4 is 17.4 Å². The summed E-state index contributed by atoms with van der Waals surface area (Å²) < 4.78 is 0. The van der Waals surface area contributed by atoms with Gasteiger partial charge in [0.15, 0.2) is 0 Å². The van der Waals surface area contributed by atoms with Crippen molar-refractivity contribution in [2.24, 2.45) is 5.41 Å².